The third-order valence-electron chi connectivity index (χ3n) is 8.17. The van der Waals surface area contributed by atoms with E-state index >= 15 is 0 Å². The van der Waals surface area contributed by atoms with Crippen molar-refractivity contribution in [2.24, 2.45) is 0 Å². The third kappa shape index (κ3) is 5.97. The van der Waals surface area contributed by atoms with Crippen molar-refractivity contribution >= 4 is 29.5 Å². The summed E-state index contributed by atoms with van der Waals surface area (Å²) in [6, 6.07) is 21.8. The third-order valence-corrected chi connectivity index (χ3v) is 8.17. The summed E-state index contributed by atoms with van der Waals surface area (Å²) in [5.41, 5.74) is 4.02. The van der Waals surface area contributed by atoms with Gasteiger partial charge in [-0.2, -0.15) is 0 Å². The van der Waals surface area contributed by atoms with E-state index in [0.29, 0.717) is 31.8 Å². The van der Waals surface area contributed by atoms with Crippen molar-refractivity contribution in [3.05, 3.63) is 95.1 Å². The van der Waals surface area contributed by atoms with E-state index in [-0.39, 0.29) is 36.5 Å². The Balaban J connectivity index is 1.09. The number of carbonyl (C=O) groups excluding carboxylic acids is 5. The van der Waals surface area contributed by atoms with Gasteiger partial charge in [0.25, 0.3) is 11.8 Å². The molecule has 10 heteroatoms. The second-order valence-electron chi connectivity index (χ2n) is 11.0. The van der Waals surface area contributed by atoms with Gasteiger partial charge in [-0.25, -0.2) is 0 Å². The van der Waals surface area contributed by atoms with E-state index in [2.05, 4.69) is 10.2 Å². The summed E-state index contributed by atoms with van der Waals surface area (Å²) >= 11 is 0. The van der Waals surface area contributed by atoms with E-state index in [1.807, 2.05) is 59.5 Å². The van der Waals surface area contributed by atoms with Crippen molar-refractivity contribution in [2.75, 3.05) is 32.8 Å². The fourth-order valence-corrected chi connectivity index (χ4v) is 5.93. The highest BCUT2D eigenvalue weighted by atomic mass is 16.5. The summed E-state index contributed by atoms with van der Waals surface area (Å²) in [4.78, 5) is 68.6. The average Bonchev–Trinajstić information content (AvgIpc) is 3.27. The maximum atomic E-state index is 13.5. The molecule has 1 unspecified atom stereocenters. The van der Waals surface area contributed by atoms with E-state index in [9.17, 15) is 24.0 Å². The minimum atomic E-state index is -1.01. The van der Waals surface area contributed by atoms with Gasteiger partial charge in [0, 0.05) is 39.1 Å². The molecule has 3 aliphatic heterocycles. The summed E-state index contributed by atoms with van der Waals surface area (Å²) in [5.74, 6) is -2.09. The predicted molar refractivity (Wildman–Crippen MR) is 157 cm³/mol. The second kappa shape index (κ2) is 12.3. The fraction of sp³-hybridized carbons (Fsp3) is 0.303. The zero-order valence-electron chi connectivity index (χ0n) is 23.7. The number of nitrogens with zero attached hydrogens (tertiary/aromatic N) is 3. The van der Waals surface area contributed by atoms with Crippen LogP contribution in [0.25, 0.3) is 11.1 Å². The van der Waals surface area contributed by atoms with Crippen LogP contribution in [-0.4, -0.2) is 83.1 Å². The lowest BCUT2D eigenvalue weighted by Crippen LogP contribution is -2.54. The second-order valence-corrected chi connectivity index (χ2v) is 11.0. The van der Waals surface area contributed by atoms with Crippen LogP contribution < -0.4 is 5.32 Å². The van der Waals surface area contributed by atoms with E-state index in [4.69, 9.17) is 4.74 Å². The van der Waals surface area contributed by atoms with Gasteiger partial charge in [-0.1, -0.05) is 60.7 Å². The number of hydrogen-bond donors (Lipinski definition) is 1. The van der Waals surface area contributed by atoms with Crippen LogP contribution in [0.4, 0.5) is 0 Å². The lowest BCUT2D eigenvalue weighted by atomic mass is 9.95. The average molecular weight is 581 g/mol. The zero-order chi connectivity index (χ0) is 29.9. The molecule has 1 N–H and O–H groups in total. The van der Waals surface area contributed by atoms with Crippen LogP contribution in [0.3, 0.4) is 0 Å². The minimum absolute atomic E-state index is 0.0129. The van der Waals surface area contributed by atoms with Gasteiger partial charge < -0.3 is 9.64 Å². The molecular formula is C33H32N4O6. The summed E-state index contributed by atoms with van der Waals surface area (Å²) in [6.45, 7) is 3.82. The first-order valence-electron chi connectivity index (χ1n) is 14.4. The number of amides is 5. The van der Waals surface area contributed by atoms with E-state index in [0.717, 1.165) is 34.7 Å². The number of piperazine rings is 1. The van der Waals surface area contributed by atoms with Crippen LogP contribution in [-0.2, 0) is 32.3 Å². The van der Waals surface area contributed by atoms with Crippen molar-refractivity contribution < 1.29 is 28.7 Å². The molecule has 0 saturated carbocycles. The Morgan fingerprint density at radius 3 is 2.30 bits per heavy atom. The van der Waals surface area contributed by atoms with E-state index < -0.39 is 29.7 Å². The van der Waals surface area contributed by atoms with Crippen LogP contribution in [0.2, 0.25) is 0 Å². The maximum Gasteiger partial charge on any atom is 0.262 e. The van der Waals surface area contributed by atoms with E-state index in [1.165, 1.54) is 0 Å². The first-order chi connectivity index (χ1) is 20.9. The molecule has 3 heterocycles. The SMILES string of the molecule is O=C1CCC(N2C(=O)c3cccc(-c4cccc(CN5CCN(C(=O)COCc6ccccc6)CC5)c4)c3C2=O)C(=O)N1. The van der Waals surface area contributed by atoms with Gasteiger partial charge in [0.2, 0.25) is 17.7 Å². The highest BCUT2D eigenvalue weighted by molar-refractivity contribution is 6.25. The van der Waals surface area contributed by atoms with Crippen molar-refractivity contribution in [3.8, 4) is 11.1 Å². The summed E-state index contributed by atoms with van der Waals surface area (Å²) < 4.78 is 5.62. The number of benzene rings is 3. The number of rotatable bonds is 8. The molecule has 43 heavy (non-hydrogen) atoms. The molecule has 0 radical (unpaired) electrons. The molecule has 2 saturated heterocycles. The molecule has 3 aromatic rings. The number of nitrogens with one attached hydrogen (secondary N) is 1. The topological polar surface area (TPSA) is 116 Å². The van der Waals surface area contributed by atoms with Crippen LogP contribution in [0.5, 0.6) is 0 Å². The van der Waals surface area contributed by atoms with Crippen LogP contribution in [0.15, 0.2) is 72.8 Å². The van der Waals surface area contributed by atoms with Gasteiger partial charge in [0.05, 0.1) is 17.7 Å². The van der Waals surface area contributed by atoms with Crippen molar-refractivity contribution in [1.82, 2.24) is 20.0 Å². The highest BCUT2D eigenvalue weighted by Gasteiger charge is 2.45. The monoisotopic (exact) mass is 580 g/mol. The molecule has 10 nitrogen and oxygen atoms in total. The summed E-state index contributed by atoms with van der Waals surface area (Å²) in [5, 5.41) is 2.23. The quantitative estimate of drug-likeness (QED) is 0.407. The molecule has 0 bridgehead atoms. The Kier molecular flexibility index (Phi) is 8.13. The Morgan fingerprint density at radius 2 is 1.53 bits per heavy atom. The Morgan fingerprint density at radius 1 is 0.814 bits per heavy atom. The predicted octanol–water partition coefficient (Wildman–Crippen LogP) is 2.62. The van der Waals surface area contributed by atoms with E-state index in [1.54, 1.807) is 18.2 Å². The first-order valence-corrected chi connectivity index (χ1v) is 14.4. The Hall–Kier alpha value is -4.67. The number of hydrogen-bond acceptors (Lipinski definition) is 7. The van der Waals surface area contributed by atoms with Crippen LogP contribution >= 0.6 is 0 Å². The van der Waals surface area contributed by atoms with Gasteiger partial charge >= 0.3 is 0 Å². The summed E-state index contributed by atoms with van der Waals surface area (Å²) in [7, 11) is 0. The Bertz CT molecular complexity index is 1580. The molecular weight excluding hydrogens is 548 g/mol. The van der Waals surface area contributed by atoms with Gasteiger partial charge in [0.15, 0.2) is 0 Å². The number of fused-ring (bicyclic) bond motifs is 1. The molecule has 6 rings (SSSR count). The molecule has 3 aliphatic rings. The van der Waals surface area contributed by atoms with Crippen molar-refractivity contribution in [1.29, 1.82) is 0 Å². The summed E-state index contributed by atoms with van der Waals surface area (Å²) in [6.07, 6.45) is 0.184. The Labute approximate surface area is 249 Å². The van der Waals surface area contributed by atoms with Gasteiger partial charge in [0.1, 0.15) is 12.6 Å². The fourth-order valence-electron chi connectivity index (χ4n) is 5.93. The molecule has 0 aliphatic carbocycles. The lowest BCUT2D eigenvalue weighted by Gasteiger charge is -2.34. The lowest BCUT2D eigenvalue weighted by molar-refractivity contribution is -0.138. The molecule has 5 amide bonds. The largest absolute Gasteiger partial charge is 0.367 e. The standard InChI is InChI=1S/C33H32N4O6/c38-28-13-12-27(31(40)34-28)37-32(41)26-11-5-10-25(30(26)33(37)42)24-9-4-8-23(18-24)19-35-14-16-36(17-15-35)29(39)21-43-20-22-6-2-1-3-7-22/h1-11,18,27H,12-17,19-21H2,(H,34,38,40). The van der Waals surface area contributed by atoms with Gasteiger partial charge in [-0.15, -0.1) is 0 Å². The normalized spacial score (nSPS) is 19.0. The first kappa shape index (κ1) is 28.4. The number of imide groups is 2. The molecule has 0 aromatic heterocycles. The molecule has 1 atom stereocenters. The minimum Gasteiger partial charge on any atom is -0.367 e. The molecule has 0 spiro atoms. The van der Waals surface area contributed by atoms with Crippen molar-refractivity contribution in [3.63, 3.8) is 0 Å². The molecule has 3 aromatic carbocycles. The number of piperidine rings is 1. The smallest absolute Gasteiger partial charge is 0.262 e. The van der Waals surface area contributed by atoms with Crippen molar-refractivity contribution in [2.45, 2.75) is 32.0 Å². The molecule has 2 fully saturated rings. The number of ether oxygens (including phenoxy) is 1. The highest BCUT2D eigenvalue weighted by Crippen LogP contribution is 2.35. The van der Waals surface area contributed by atoms with Gasteiger partial charge in [-0.3, -0.25) is 39.1 Å². The molecule has 220 valence electrons. The number of carbonyl (C=O) groups is 5. The maximum absolute atomic E-state index is 13.5. The zero-order valence-corrected chi connectivity index (χ0v) is 23.7. The van der Waals surface area contributed by atoms with Gasteiger partial charge in [-0.05, 0) is 40.8 Å². The van der Waals surface area contributed by atoms with Crippen LogP contribution in [0, 0.1) is 0 Å². The van der Waals surface area contributed by atoms with Crippen LogP contribution in [0.1, 0.15) is 44.7 Å².